The quantitative estimate of drug-likeness (QED) is 0.364. The summed E-state index contributed by atoms with van der Waals surface area (Å²) in [7, 11) is 1.07. The SMILES string of the molecule is COC(=O)C1=CCC=CC1c1c(F)c(F)c(C#N)c(F)c1F. The molecule has 0 N–H and O–H groups in total. The number of ether oxygens (including phenoxy) is 1. The Kier molecular flexibility index (Phi) is 4.31. The molecule has 22 heavy (non-hydrogen) atoms. The minimum absolute atomic E-state index is 0.133. The predicted octanol–water partition coefficient (Wildman–Crippen LogP) is 3.26. The third-order valence-electron chi connectivity index (χ3n) is 3.28. The van der Waals surface area contributed by atoms with Crippen LogP contribution < -0.4 is 0 Å². The van der Waals surface area contributed by atoms with E-state index in [0.717, 1.165) is 13.2 Å². The third kappa shape index (κ3) is 2.37. The van der Waals surface area contributed by atoms with Gasteiger partial charge in [-0.2, -0.15) is 5.26 Å². The summed E-state index contributed by atoms with van der Waals surface area (Å²) in [5.74, 6) is -9.20. The first-order chi connectivity index (χ1) is 10.4. The predicted molar refractivity (Wildman–Crippen MR) is 67.6 cm³/mol. The van der Waals surface area contributed by atoms with Crippen molar-refractivity contribution in [3.05, 3.63) is 58.2 Å². The van der Waals surface area contributed by atoms with Gasteiger partial charge in [-0.3, -0.25) is 0 Å². The normalized spacial score (nSPS) is 16.9. The van der Waals surface area contributed by atoms with E-state index in [4.69, 9.17) is 5.26 Å². The van der Waals surface area contributed by atoms with Gasteiger partial charge in [0.25, 0.3) is 0 Å². The second kappa shape index (κ2) is 6.02. The number of carbonyl (C=O) groups excluding carboxylic acids is 1. The Labute approximate surface area is 123 Å². The van der Waals surface area contributed by atoms with Gasteiger partial charge in [-0.25, -0.2) is 22.4 Å². The lowest BCUT2D eigenvalue weighted by Gasteiger charge is -2.20. The monoisotopic (exact) mass is 311 g/mol. The standard InChI is InChI=1S/C15H9F4NO2/c1-22-15(21)8-5-3-2-4-7(8)10-13(18)11(16)9(6-20)12(17)14(10)19/h2,4-5,7H,3H2,1H3. The number of benzene rings is 1. The highest BCUT2D eigenvalue weighted by Gasteiger charge is 2.33. The Morgan fingerprint density at radius 2 is 1.82 bits per heavy atom. The van der Waals surface area contributed by atoms with Crippen molar-refractivity contribution in [1.29, 1.82) is 5.26 Å². The summed E-state index contributed by atoms with van der Waals surface area (Å²) < 4.78 is 60.0. The van der Waals surface area contributed by atoms with Gasteiger partial charge >= 0.3 is 5.97 Å². The topological polar surface area (TPSA) is 50.1 Å². The van der Waals surface area contributed by atoms with Crippen LogP contribution >= 0.6 is 0 Å². The number of hydrogen-bond donors (Lipinski definition) is 0. The van der Waals surface area contributed by atoms with Crippen molar-refractivity contribution in [1.82, 2.24) is 0 Å². The molecule has 0 saturated carbocycles. The van der Waals surface area contributed by atoms with Crippen molar-refractivity contribution in [2.24, 2.45) is 0 Å². The Morgan fingerprint density at radius 1 is 1.23 bits per heavy atom. The molecule has 0 bridgehead atoms. The molecule has 1 atom stereocenters. The molecule has 0 aromatic heterocycles. The lowest BCUT2D eigenvalue weighted by molar-refractivity contribution is -0.136. The molecule has 1 aliphatic carbocycles. The van der Waals surface area contributed by atoms with Crippen LogP contribution in [0.1, 0.15) is 23.5 Å². The molecule has 3 nitrogen and oxygen atoms in total. The van der Waals surface area contributed by atoms with Gasteiger partial charge in [0.05, 0.1) is 7.11 Å². The van der Waals surface area contributed by atoms with Gasteiger partial charge < -0.3 is 4.74 Å². The van der Waals surface area contributed by atoms with E-state index in [1.165, 1.54) is 18.2 Å². The Bertz CT molecular complexity index is 718. The Morgan fingerprint density at radius 3 is 2.32 bits per heavy atom. The van der Waals surface area contributed by atoms with E-state index in [1.807, 2.05) is 0 Å². The first-order valence-electron chi connectivity index (χ1n) is 6.15. The number of methoxy groups -OCH3 is 1. The first-order valence-corrected chi connectivity index (χ1v) is 6.15. The molecule has 0 amide bonds. The Balaban J connectivity index is 2.70. The number of nitrogens with zero attached hydrogens (tertiary/aromatic N) is 1. The van der Waals surface area contributed by atoms with Gasteiger partial charge in [-0.05, 0) is 6.42 Å². The van der Waals surface area contributed by atoms with Gasteiger partial charge in [-0.1, -0.05) is 18.2 Å². The first kappa shape index (κ1) is 15.8. The molecule has 1 unspecified atom stereocenters. The molecule has 0 aliphatic heterocycles. The van der Waals surface area contributed by atoms with E-state index in [-0.39, 0.29) is 5.57 Å². The molecule has 0 radical (unpaired) electrons. The zero-order chi connectivity index (χ0) is 16.4. The second-order valence-electron chi connectivity index (χ2n) is 4.45. The summed E-state index contributed by atoms with van der Waals surface area (Å²) >= 11 is 0. The lowest BCUT2D eigenvalue weighted by Crippen LogP contribution is -2.18. The average molecular weight is 311 g/mol. The third-order valence-corrected chi connectivity index (χ3v) is 3.28. The fourth-order valence-electron chi connectivity index (χ4n) is 2.24. The summed E-state index contributed by atoms with van der Waals surface area (Å²) in [6.07, 6.45) is 4.40. The van der Waals surface area contributed by atoms with Crippen molar-refractivity contribution in [3.8, 4) is 6.07 Å². The van der Waals surface area contributed by atoms with Crippen LogP contribution in [-0.2, 0) is 9.53 Å². The fourth-order valence-corrected chi connectivity index (χ4v) is 2.24. The molecule has 1 aliphatic rings. The molecular formula is C15H9F4NO2. The number of hydrogen-bond acceptors (Lipinski definition) is 3. The van der Waals surface area contributed by atoms with Gasteiger partial charge in [-0.15, -0.1) is 0 Å². The molecule has 2 rings (SSSR count). The number of nitriles is 1. The van der Waals surface area contributed by atoms with E-state index in [9.17, 15) is 22.4 Å². The van der Waals surface area contributed by atoms with Crippen LogP contribution in [0.2, 0.25) is 0 Å². The van der Waals surface area contributed by atoms with Crippen molar-refractivity contribution < 1.29 is 27.1 Å². The number of allylic oxidation sites excluding steroid dienone is 3. The summed E-state index contributed by atoms with van der Waals surface area (Å²) in [6.45, 7) is 0. The van der Waals surface area contributed by atoms with E-state index in [0.29, 0.717) is 6.42 Å². The molecule has 0 saturated heterocycles. The van der Waals surface area contributed by atoms with Crippen LogP contribution in [0, 0.1) is 34.6 Å². The number of halogens is 4. The molecule has 0 fully saturated rings. The maximum atomic E-state index is 14.1. The fraction of sp³-hybridized carbons (Fsp3) is 0.200. The summed E-state index contributed by atoms with van der Waals surface area (Å²) in [5, 5.41) is 8.56. The maximum Gasteiger partial charge on any atom is 0.334 e. The highest BCUT2D eigenvalue weighted by atomic mass is 19.2. The van der Waals surface area contributed by atoms with Gasteiger partial charge in [0.15, 0.2) is 23.3 Å². The van der Waals surface area contributed by atoms with Gasteiger partial charge in [0, 0.05) is 17.1 Å². The summed E-state index contributed by atoms with van der Waals surface area (Å²) in [4.78, 5) is 11.7. The highest BCUT2D eigenvalue weighted by Crippen LogP contribution is 2.36. The van der Waals surface area contributed by atoms with Crippen LogP contribution in [0.25, 0.3) is 0 Å². The van der Waals surface area contributed by atoms with Crippen LogP contribution in [0.4, 0.5) is 17.6 Å². The minimum atomic E-state index is -1.79. The smallest absolute Gasteiger partial charge is 0.334 e. The van der Waals surface area contributed by atoms with Crippen molar-refractivity contribution in [2.45, 2.75) is 12.3 Å². The van der Waals surface area contributed by atoms with E-state index in [1.54, 1.807) is 0 Å². The van der Waals surface area contributed by atoms with Crippen molar-refractivity contribution >= 4 is 5.97 Å². The zero-order valence-corrected chi connectivity index (χ0v) is 11.3. The van der Waals surface area contributed by atoms with Crippen LogP contribution in [0.3, 0.4) is 0 Å². The molecule has 7 heteroatoms. The second-order valence-corrected chi connectivity index (χ2v) is 4.45. The van der Waals surface area contributed by atoms with E-state index in [2.05, 4.69) is 4.74 Å². The number of carbonyl (C=O) groups is 1. The summed E-state index contributed by atoms with van der Waals surface area (Å²) in [5.41, 5.74) is -2.45. The van der Waals surface area contributed by atoms with E-state index < -0.39 is 46.3 Å². The molecule has 0 spiro atoms. The largest absolute Gasteiger partial charge is 0.466 e. The number of esters is 1. The zero-order valence-electron chi connectivity index (χ0n) is 11.3. The van der Waals surface area contributed by atoms with Gasteiger partial charge in [0.2, 0.25) is 0 Å². The highest BCUT2D eigenvalue weighted by molar-refractivity contribution is 5.91. The van der Waals surface area contributed by atoms with Crippen molar-refractivity contribution in [2.75, 3.05) is 7.11 Å². The van der Waals surface area contributed by atoms with Crippen LogP contribution in [0.15, 0.2) is 23.8 Å². The Hall–Kier alpha value is -2.62. The molecule has 114 valence electrons. The number of rotatable bonds is 2. The van der Waals surface area contributed by atoms with Gasteiger partial charge in [0.1, 0.15) is 11.6 Å². The van der Waals surface area contributed by atoms with Crippen molar-refractivity contribution in [3.63, 3.8) is 0 Å². The lowest BCUT2D eigenvalue weighted by atomic mass is 9.85. The van der Waals surface area contributed by atoms with Crippen LogP contribution in [0.5, 0.6) is 0 Å². The average Bonchev–Trinajstić information content (AvgIpc) is 2.53. The van der Waals surface area contributed by atoms with E-state index >= 15 is 0 Å². The maximum absolute atomic E-state index is 14.1. The molecule has 1 aromatic rings. The molecule has 0 heterocycles. The molecular weight excluding hydrogens is 302 g/mol. The van der Waals surface area contributed by atoms with Crippen LogP contribution in [-0.4, -0.2) is 13.1 Å². The minimum Gasteiger partial charge on any atom is -0.466 e. The molecule has 1 aromatic carbocycles. The summed E-state index contributed by atoms with van der Waals surface area (Å²) in [6, 6.07) is 1.07.